The van der Waals surface area contributed by atoms with Crippen molar-refractivity contribution in [1.82, 2.24) is 13.9 Å². The van der Waals surface area contributed by atoms with Gasteiger partial charge >= 0.3 is 0 Å². The molecule has 0 radical (unpaired) electrons. The van der Waals surface area contributed by atoms with Gasteiger partial charge in [-0.2, -0.15) is 4.31 Å². The Bertz CT molecular complexity index is 1080. The molecule has 1 aliphatic rings. The summed E-state index contributed by atoms with van der Waals surface area (Å²) in [5, 5.41) is 2.90. The molecular formula is C20H22N4O3S2. The van der Waals surface area contributed by atoms with E-state index in [0.29, 0.717) is 29.5 Å². The van der Waals surface area contributed by atoms with Crippen LogP contribution in [0.15, 0.2) is 59.3 Å². The van der Waals surface area contributed by atoms with Crippen LogP contribution in [0.3, 0.4) is 0 Å². The number of nitrogens with one attached hydrogen (secondary N) is 1. The van der Waals surface area contributed by atoms with Crippen LogP contribution >= 0.6 is 11.3 Å². The van der Waals surface area contributed by atoms with Crippen LogP contribution in [-0.4, -0.2) is 41.3 Å². The van der Waals surface area contributed by atoms with Crippen molar-refractivity contribution in [3.05, 3.63) is 65.6 Å². The molecule has 1 aromatic carbocycles. The van der Waals surface area contributed by atoms with Crippen molar-refractivity contribution in [3.8, 4) is 0 Å². The first-order chi connectivity index (χ1) is 14.0. The lowest BCUT2D eigenvalue weighted by molar-refractivity contribution is -0.115. The van der Waals surface area contributed by atoms with Gasteiger partial charge in [-0.25, -0.2) is 13.4 Å². The van der Waals surface area contributed by atoms with Crippen molar-refractivity contribution in [2.75, 3.05) is 18.4 Å². The molecule has 1 saturated heterocycles. The molecular weight excluding hydrogens is 408 g/mol. The Morgan fingerprint density at radius 3 is 2.76 bits per heavy atom. The van der Waals surface area contributed by atoms with Crippen LogP contribution in [-0.2, 0) is 27.8 Å². The van der Waals surface area contributed by atoms with Crippen molar-refractivity contribution < 1.29 is 13.2 Å². The van der Waals surface area contributed by atoms with E-state index in [1.165, 1.54) is 15.6 Å². The monoisotopic (exact) mass is 430 g/mol. The molecule has 4 rings (SSSR count). The first kappa shape index (κ1) is 19.8. The predicted molar refractivity (Wildman–Crippen MR) is 112 cm³/mol. The maximum Gasteiger partial charge on any atom is 0.252 e. The predicted octanol–water partition coefficient (Wildman–Crippen LogP) is 2.96. The second-order valence-electron chi connectivity index (χ2n) is 6.99. The number of thiophene rings is 1. The molecule has 1 aliphatic heterocycles. The lowest BCUT2D eigenvalue weighted by atomic mass is 10.2. The van der Waals surface area contributed by atoms with Gasteiger partial charge in [0.15, 0.2) is 0 Å². The zero-order valence-electron chi connectivity index (χ0n) is 15.8. The number of benzene rings is 1. The smallest absolute Gasteiger partial charge is 0.252 e. The number of anilines is 1. The van der Waals surface area contributed by atoms with E-state index in [1.807, 2.05) is 35.0 Å². The van der Waals surface area contributed by atoms with Gasteiger partial charge in [0.2, 0.25) is 5.91 Å². The molecule has 3 heterocycles. The number of amides is 1. The molecule has 1 N–H and O–H groups in total. The number of imidazole rings is 1. The standard InChI is InChI=1S/C20H22N4O3S2/c25-19(22-17-5-3-4-16(12-17)14-23-11-8-21-15-23)13-18-6-7-20(28-18)29(26,27)24-9-1-2-10-24/h3-8,11-12,15H,1-2,9-10,13-14H2,(H,22,25). The third-order valence-electron chi connectivity index (χ3n) is 4.77. The molecule has 3 aromatic rings. The highest BCUT2D eigenvalue weighted by Gasteiger charge is 2.28. The number of sulfonamides is 1. The molecule has 0 saturated carbocycles. The first-order valence-corrected chi connectivity index (χ1v) is 11.7. The maximum atomic E-state index is 12.6. The number of aromatic nitrogens is 2. The minimum absolute atomic E-state index is 0.145. The zero-order valence-corrected chi connectivity index (χ0v) is 17.5. The van der Waals surface area contributed by atoms with Crippen LogP contribution in [0.25, 0.3) is 0 Å². The number of rotatable bonds is 7. The van der Waals surface area contributed by atoms with Crippen LogP contribution in [0.1, 0.15) is 23.3 Å². The minimum atomic E-state index is -3.43. The summed E-state index contributed by atoms with van der Waals surface area (Å²) < 4.78 is 29.0. The zero-order chi connectivity index (χ0) is 20.3. The summed E-state index contributed by atoms with van der Waals surface area (Å²) in [4.78, 5) is 17.2. The van der Waals surface area contributed by atoms with E-state index >= 15 is 0 Å². The second kappa shape index (κ2) is 8.48. The highest BCUT2D eigenvalue weighted by atomic mass is 32.2. The first-order valence-electron chi connectivity index (χ1n) is 9.44. The normalized spacial score (nSPS) is 14.9. The van der Waals surface area contributed by atoms with Gasteiger partial charge in [-0.05, 0) is 42.7 Å². The molecule has 1 amide bonds. The van der Waals surface area contributed by atoms with E-state index in [9.17, 15) is 13.2 Å². The number of carbonyl (C=O) groups is 1. The van der Waals surface area contributed by atoms with E-state index in [0.717, 1.165) is 23.3 Å². The summed E-state index contributed by atoms with van der Waals surface area (Å²) >= 11 is 1.17. The van der Waals surface area contributed by atoms with Crippen molar-refractivity contribution in [2.45, 2.75) is 30.0 Å². The Hall–Kier alpha value is -2.49. The molecule has 0 unspecified atom stereocenters. The maximum absolute atomic E-state index is 12.6. The van der Waals surface area contributed by atoms with Gasteiger partial charge in [-0.15, -0.1) is 11.3 Å². The Morgan fingerprint density at radius 2 is 2.00 bits per heavy atom. The van der Waals surface area contributed by atoms with Gasteiger partial charge < -0.3 is 9.88 Å². The van der Waals surface area contributed by atoms with Gasteiger partial charge in [-0.3, -0.25) is 4.79 Å². The van der Waals surface area contributed by atoms with Crippen LogP contribution < -0.4 is 5.32 Å². The summed E-state index contributed by atoms with van der Waals surface area (Å²) in [6.45, 7) is 1.82. The molecule has 1 fully saturated rings. The SMILES string of the molecule is O=C(Cc1ccc(S(=O)(=O)N2CCCC2)s1)Nc1cccc(Cn2ccnc2)c1. The molecule has 0 aliphatic carbocycles. The summed E-state index contributed by atoms with van der Waals surface area (Å²) in [7, 11) is -3.43. The van der Waals surface area contributed by atoms with E-state index < -0.39 is 10.0 Å². The highest BCUT2D eigenvalue weighted by Crippen LogP contribution is 2.27. The van der Waals surface area contributed by atoms with Crippen molar-refractivity contribution in [1.29, 1.82) is 0 Å². The second-order valence-corrected chi connectivity index (χ2v) is 10.3. The third-order valence-corrected chi connectivity index (χ3v) is 8.22. The topological polar surface area (TPSA) is 84.3 Å². The Morgan fingerprint density at radius 1 is 1.17 bits per heavy atom. The fraction of sp³-hybridized carbons (Fsp3) is 0.300. The molecule has 0 spiro atoms. The van der Waals surface area contributed by atoms with Crippen molar-refractivity contribution >= 4 is 33.0 Å². The summed E-state index contributed by atoms with van der Waals surface area (Å²) in [6.07, 6.45) is 7.31. The van der Waals surface area contributed by atoms with Gasteiger partial charge in [0.05, 0.1) is 12.7 Å². The van der Waals surface area contributed by atoms with E-state index in [1.54, 1.807) is 24.7 Å². The average molecular weight is 431 g/mol. The lowest BCUT2D eigenvalue weighted by Gasteiger charge is -2.13. The van der Waals surface area contributed by atoms with Crippen LogP contribution in [0, 0.1) is 0 Å². The number of carbonyl (C=O) groups excluding carboxylic acids is 1. The van der Waals surface area contributed by atoms with Crippen LogP contribution in [0.4, 0.5) is 5.69 Å². The molecule has 0 atom stereocenters. The third kappa shape index (κ3) is 4.75. The molecule has 7 nitrogen and oxygen atoms in total. The van der Waals surface area contributed by atoms with Gasteiger partial charge in [-0.1, -0.05) is 12.1 Å². The summed E-state index contributed by atoms with van der Waals surface area (Å²) in [6, 6.07) is 11.0. The van der Waals surface area contributed by atoms with Crippen LogP contribution in [0.5, 0.6) is 0 Å². The summed E-state index contributed by atoms with van der Waals surface area (Å²) in [5.41, 5.74) is 1.77. The van der Waals surface area contributed by atoms with E-state index in [4.69, 9.17) is 0 Å². The van der Waals surface area contributed by atoms with E-state index in [-0.39, 0.29) is 12.3 Å². The average Bonchev–Trinajstić information content (AvgIpc) is 3.45. The number of nitrogens with zero attached hydrogens (tertiary/aromatic N) is 3. The quantitative estimate of drug-likeness (QED) is 0.625. The fourth-order valence-corrected chi connectivity index (χ4v) is 6.38. The van der Waals surface area contributed by atoms with Crippen molar-refractivity contribution in [3.63, 3.8) is 0 Å². The molecule has 9 heteroatoms. The van der Waals surface area contributed by atoms with Gasteiger partial charge in [0, 0.05) is 42.6 Å². The number of hydrogen-bond acceptors (Lipinski definition) is 5. The minimum Gasteiger partial charge on any atom is -0.333 e. The number of hydrogen-bond donors (Lipinski definition) is 1. The molecule has 29 heavy (non-hydrogen) atoms. The Balaban J connectivity index is 1.38. The van der Waals surface area contributed by atoms with Crippen molar-refractivity contribution in [2.24, 2.45) is 0 Å². The van der Waals surface area contributed by atoms with Crippen LogP contribution in [0.2, 0.25) is 0 Å². The summed E-state index contributed by atoms with van der Waals surface area (Å²) in [5.74, 6) is -0.170. The lowest BCUT2D eigenvalue weighted by Crippen LogP contribution is -2.27. The van der Waals surface area contributed by atoms with Gasteiger partial charge in [0.1, 0.15) is 4.21 Å². The Labute approximate surface area is 174 Å². The molecule has 0 bridgehead atoms. The Kier molecular flexibility index (Phi) is 5.79. The highest BCUT2D eigenvalue weighted by molar-refractivity contribution is 7.91. The van der Waals surface area contributed by atoms with E-state index in [2.05, 4.69) is 10.3 Å². The fourth-order valence-electron chi connectivity index (χ4n) is 3.35. The largest absolute Gasteiger partial charge is 0.333 e. The molecule has 2 aromatic heterocycles. The van der Waals surface area contributed by atoms with Gasteiger partial charge in [0.25, 0.3) is 10.0 Å². The molecule has 152 valence electrons.